The second-order valence-electron chi connectivity index (χ2n) is 5.98. The highest BCUT2D eigenvalue weighted by molar-refractivity contribution is 6.08. The van der Waals surface area contributed by atoms with E-state index in [1.165, 1.54) is 24.3 Å². The summed E-state index contributed by atoms with van der Waals surface area (Å²) in [5, 5.41) is 15.5. The van der Waals surface area contributed by atoms with E-state index in [9.17, 15) is 14.9 Å². The molecule has 0 saturated heterocycles. The molecule has 3 aromatic carbocycles. The number of para-hydroxylation sites is 1. The number of rotatable bonds is 4. The Kier molecular flexibility index (Phi) is 4.14. The summed E-state index contributed by atoms with van der Waals surface area (Å²) < 4.78 is 5.77. The monoisotopic (exact) mass is 358 g/mol. The molecule has 4 aromatic rings. The van der Waals surface area contributed by atoms with Gasteiger partial charge in [-0.05, 0) is 35.9 Å². The van der Waals surface area contributed by atoms with Gasteiger partial charge in [0, 0.05) is 34.7 Å². The van der Waals surface area contributed by atoms with Gasteiger partial charge in [0.2, 0.25) is 5.91 Å². The number of nitrogens with one attached hydrogen (secondary N) is 1. The molecule has 0 fully saturated rings. The number of carbonyl (C=O) groups is 1. The second-order valence-corrected chi connectivity index (χ2v) is 5.98. The maximum atomic E-state index is 12.2. The topological polar surface area (TPSA) is 85.4 Å². The first-order valence-corrected chi connectivity index (χ1v) is 8.25. The fourth-order valence-electron chi connectivity index (χ4n) is 2.90. The van der Waals surface area contributed by atoms with Gasteiger partial charge in [-0.3, -0.25) is 14.9 Å². The maximum absolute atomic E-state index is 12.2. The van der Waals surface area contributed by atoms with E-state index in [4.69, 9.17) is 4.42 Å². The molecular weight excluding hydrogens is 344 g/mol. The summed E-state index contributed by atoms with van der Waals surface area (Å²) in [5.74, 6) is -0.325. The van der Waals surface area contributed by atoms with Crippen LogP contribution in [0.1, 0.15) is 5.56 Å². The zero-order chi connectivity index (χ0) is 18.8. The Labute approximate surface area is 153 Å². The number of non-ortho nitro benzene ring substituents is 1. The van der Waals surface area contributed by atoms with Crippen LogP contribution in [0.3, 0.4) is 0 Å². The van der Waals surface area contributed by atoms with Crippen molar-refractivity contribution in [2.75, 3.05) is 5.32 Å². The van der Waals surface area contributed by atoms with Gasteiger partial charge in [0.25, 0.3) is 5.69 Å². The standard InChI is InChI=1S/C21H14N2O4/c24-21(11-8-14-4-3-5-16(12-14)23(25)26)22-15-9-10-20-18(13-15)17-6-1-2-7-19(17)27-20/h1-13H,(H,22,24)/b11-8+. The van der Waals surface area contributed by atoms with E-state index in [1.807, 2.05) is 36.4 Å². The molecule has 0 bridgehead atoms. The molecule has 132 valence electrons. The number of hydrogen-bond donors (Lipinski definition) is 1. The predicted molar refractivity (Wildman–Crippen MR) is 104 cm³/mol. The van der Waals surface area contributed by atoms with Crippen LogP contribution in [0.5, 0.6) is 0 Å². The number of nitro benzene ring substituents is 1. The van der Waals surface area contributed by atoms with Gasteiger partial charge in [0.1, 0.15) is 11.2 Å². The zero-order valence-electron chi connectivity index (χ0n) is 14.1. The molecule has 1 heterocycles. The van der Waals surface area contributed by atoms with Crippen LogP contribution in [0, 0.1) is 10.1 Å². The van der Waals surface area contributed by atoms with Gasteiger partial charge >= 0.3 is 0 Å². The van der Waals surface area contributed by atoms with Crippen LogP contribution in [0.25, 0.3) is 28.0 Å². The van der Waals surface area contributed by atoms with Gasteiger partial charge in [-0.1, -0.05) is 30.3 Å². The van der Waals surface area contributed by atoms with Crippen LogP contribution in [-0.4, -0.2) is 10.8 Å². The summed E-state index contributed by atoms with van der Waals surface area (Å²) in [6, 6.07) is 19.2. The second kappa shape index (κ2) is 6.76. The van der Waals surface area contributed by atoms with E-state index < -0.39 is 4.92 Å². The minimum absolute atomic E-state index is 0.0187. The van der Waals surface area contributed by atoms with E-state index in [-0.39, 0.29) is 11.6 Å². The number of furan rings is 1. The molecule has 4 rings (SSSR count). The number of amides is 1. The molecule has 1 amide bonds. The minimum atomic E-state index is -0.470. The third-order valence-corrected chi connectivity index (χ3v) is 4.15. The van der Waals surface area contributed by atoms with Crippen molar-refractivity contribution < 1.29 is 14.1 Å². The molecule has 0 unspecified atom stereocenters. The van der Waals surface area contributed by atoms with E-state index in [2.05, 4.69) is 5.32 Å². The Bertz CT molecular complexity index is 1210. The van der Waals surface area contributed by atoms with Crippen LogP contribution in [0.2, 0.25) is 0 Å². The molecule has 6 heteroatoms. The van der Waals surface area contributed by atoms with Crippen molar-refractivity contribution in [2.45, 2.75) is 0 Å². The minimum Gasteiger partial charge on any atom is -0.456 e. The molecule has 27 heavy (non-hydrogen) atoms. The van der Waals surface area contributed by atoms with Gasteiger partial charge in [-0.25, -0.2) is 0 Å². The summed E-state index contributed by atoms with van der Waals surface area (Å²) in [6.07, 6.45) is 2.88. The van der Waals surface area contributed by atoms with E-state index in [1.54, 1.807) is 18.2 Å². The van der Waals surface area contributed by atoms with Crippen molar-refractivity contribution in [3.63, 3.8) is 0 Å². The number of benzene rings is 3. The SMILES string of the molecule is O=C(/C=C/c1cccc([N+](=O)[O-])c1)Nc1ccc2oc3ccccc3c2c1. The average Bonchev–Trinajstić information content (AvgIpc) is 3.05. The highest BCUT2D eigenvalue weighted by Gasteiger charge is 2.08. The molecule has 0 radical (unpaired) electrons. The Morgan fingerprint density at radius 1 is 0.963 bits per heavy atom. The van der Waals surface area contributed by atoms with Crippen LogP contribution in [0.4, 0.5) is 11.4 Å². The summed E-state index contributed by atoms with van der Waals surface area (Å²) in [7, 11) is 0. The molecule has 6 nitrogen and oxygen atoms in total. The van der Waals surface area contributed by atoms with E-state index in [0.29, 0.717) is 11.3 Å². The third kappa shape index (κ3) is 3.41. The Hall–Kier alpha value is -3.93. The lowest BCUT2D eigenvalue weighted by atomic mass is 10.1. The highest BCUT2D eigenvalue weighted by Crippen LogP contribution is 2.30. The maximum Gasteiger partial charge on any atom is 0.270 e. The van der Waals surface area contributed by atoms with Crippen LogP contribution in [-0.2, 0) is 4.79 Å². The summed E-state index contributed by atoms with van der Waals surface area (Å²) in [4.78, 5) is 22.5. The lowest BCUT2D eigenvalue weighted by Gasteiger charge is -2.02. The Balaban J connectivity index is 1.55. The first-order chi connectivity index (χ1) is 13.1. The highest BCUT2D eigenvalue weighted by atomic mass is 16.6. The van der Waals surface area contributed by atoms with Crippen LogP contribution in [0.15, 0.2) is 77.2 Å². The number of nitro groups is 1. The number of nitrogens with zero attached hydrogens (tertiary/aromatic N) is 1. The number of hydrogen-bond acceptors (Lipinski definition) is 4. The van der Waals surface area contributed by atoms with Crippen molar-refractivity contribution in [1.29, 1.82) is 0 Å². The fourth-order valence-corrected chi connectivity index (χ4v) is 2.90. The lowest BCUT2D eigenvalue weighted by molar-refractivity contribution is -0.384. The summed E-state index contributed by atoms with van der Waals surface area (Å²) in [6.45, 7) is 0. The lowest BCUT2D eigenvalue weighted by Crippen LogP contribution is -2.07. The zero-order valence-corrected chi connectivity index (χ0v) is 14.1. The molecule has 0 aliphatic rings. The normalized spacial score (nSPS) is 11.3. The first kappa shape index (κ1) is 16.5. The van der Waals surface area contributed by atoms with Gasteiger partial charge in [-0.15, -0.1) is 0 Å². The fraction of sp³-hybridized carbons (Fsp3) is 0. The number of fused-ring (bicyclic) bond motifs is 3. The molecule has 0 saturated carbocycles. The van der Waals surface area contributed by atoms with Gasteiger partial charge in [-0.2, -0.15) is 0 Å². The van der Waals surface area contributed by atoms with Crippen molar-refractivity contribution in [1.82, 2.24) is 0 Å². The van der Waals surface area contributed by atoms with Crippen molar-refractivity contribution in [3.05, 3.63) is 88.5 Å². The van der Waals surface area contributed by atoms with Gasteiger partial charge in [0.15, 0.2) is 0 Å². The molecular formula is C21H14N2O4. The van der Waals surface area contributed by atoms with Crippen molar-refractivity contribution in [3.8, 4) is 0 Å². The number of carbonyl (C=O) groups excluding carboxylic acids is 1. The summed E-state index contributed by atoms with van der Waals surface area (Å²) in [5.41, 5.74) is 2.75. The molecule has 0 aliphatic heterocycles. The van der Waals surface area contributed by atoms with E-state index in [0.717, 1.165) is 21.9 Å². The summed E-state index contributed by atoms with van der Waals surface area (Å²) >= 11 is 0. The quantitative estimate of drug-likeness (QED) is 0.311. The van der Waals surface area contributed by atoms with Crippen LogP contribution < -0.4 is 5.32 Å². The third-order valence-electron chi connectivity index (χ3n) is 4.15. The molecule has 1 N–H and O–H groups in total. The predicted octanol–water partition coefficient (Wildman–Crippen LogP) is 5.15. The smallest absolute Gasteiger partial charge is 0.270 e. The Morgan fingerprint density at radius 3 is 2.63 bits per heavy atom. The first-order valence-electron chi connectivity index (χ1n) is 8.25. The average molecular weight is 358 g/mol. The molecule has 1 aromatic heterocycles. The molecule has 0 spiro atoms. The number of anilines is 1. The Morgan fingerprint density at radius 2 is 1.78 bits per heavy atom. The molecule has 0 atom stereocenters. The van der Waals surface area contributed by atoms with Crippen molar-refractivity contribution >= 4 is 45.3 Å². The van der Waals surface area contributed by atoms with Gasteiger partial charge in [0.05, 0.1) is 4.92 Å². The van der Waals surface area contributed by atoms with Crippen LogP contribution >= 0.6 is 0 Å². The van der Waals surface area contributed by atoms with Gasteiger partial charge < -0.3 is 9.73 Å². The van der Waals surface area contributed by atoms with E-state index >= 15 is 0 Å². The largest absolute Gasteiger partial charge is 0.456 e. The van der Waals surface area contributed by atoms with Crippen molar-refractivity contribution in [2.24, 2.45) is 0 Å². The molecule has 0 aliphatic carbocycles.